The second-order valence-electron chi connectivity index (χ2n) is 8.65. The van der Waals surface area contributed by atoms with Crippen molar-refractivity contribution in [3.05, 3.63) is 50.0 Å². The molecule has 0 saturated carbocycles. The van der Waals surface area contributed by atoms with E-state index >= 15 is 0 Å². The molecule has 2 amide bonds. The molecule has 5 N–H and O–H groups in total. The minimum absolute atomic E-state index is 0.0578. The summed E-state index contributed by atoms with van der Waals surface area (Å²) >= 11 is 3.17. The molecule has 2 aromatic rings. The summed E-state index contributed by atoms with van der Waals surface area (Å²) in [5.41, 5.74) is 3.77. The lowest BCUT2D eigenvalue weighted by atomic mass is 10.0. The van der Waals surface area contributed by atoms with Crippen LogP contribution in [0.4, 0.5) is 5.13 Å². The number of nitrogens with one attached hydrogen (secondary N) is 2. The van der Waals surface area contributed by atoms with Crippen LogP contribution >= 0.6 is 35.1 Å². The number of β-lactam (4-membered cyclic amide) rings is 1. The van der Waals surface area contributed by atoms with Crippen molar-refractivity contribution in [3.63, 3.8) is 0 Å². The molecule has 5 rings (SSSR count). The second kappa shape index (κ2) is 11.3. The van der Waals surface area contributed by atoms with E-state index in [4.69, 9.17) is 10.6 Å². The van der Waals surface area contributed by atoms with Crippen LogP contribution < -0.4 is 22.2 Å². The molecule has 3 atom stereocenters. The van der Waals surface area contributed by atoms with Gasteiger partial charge in [0.25, 0.3) is 11.8 Å². The fourth-order valence-electron chi connectivity index (χ4n) is 4.07. The average Bonchev–Trinajstić information content (AvgIpc) is 3.60. The van der Waals surface area contributed by atoms with Crippen LogP contribution in [-0.4, -0.2) is 86.6 Å². The third-order valence-corrected chi connectivity index (χ3v) is 8.97. The van der Waals surface area contributed by atoms with Crippen molar-refractivity contribution in [2.24, 2.45) is 12.2 Å². The zero-order valence-electron chi connectivity index (χ0n) is 20.6. The molecule has 2 aliphatic heterocycles. The van der Waals surface area contributed by atoms with Crippen molar-refractivity contribution < 1.29 is 24.3 Å². The van der Waals surface area contributed by atoms with Crippen LogP contribution in [-0.2, 0) is 26.3 Å². The SMILES string of the molecule is Cn1[nH]c(=O)c(=O)nc1SCC1=C(C(=O)O)N2C(=O)C(NC(=O)/C(=N\OC3C=CCC3)c3nsc(N)n3)[C@H]2SC1. The summed E-state index contributed by atoms with van der Waals surface area (Å²) in [6.07, 6.45) is 4.94. The number of thioether (sulfide) groups is 2. The molecule has 40 heavy (non-hydrogen) atoms. The number of aromatic amines is 1. The van der Waals surface area contributed by atoms with E-state index in [1.54, 1.807) is 0 Å². The van der Waals surface area contributed by atoms with E-state index in [9.17, 15) is 29.1 Å². The Morgan fingerprint density at radius 2 is 2.15 bits per heavy atom. The highest BCUT2D eigenvalue weighted by Gasteiger charge is 2.54. The van der Waals surface area contributed by atoms with Gasteiger partial charge in [-0.1, -0.05) is 23.0 Å². The third kappa shape index (κ3) is 5.39. The number of allylic oxidation sites excluding steroid dienone is 1. The molecular weight excluding hydrogens is 586 g/mol. The highest BCUT2D eigenvalue weighted by atomic mass is 32.2. The number of hydrogen-bond acceptors (Lipinski definition) is 14. The first-order chi connectivity index (χ1) is 19.1. The van der Waals surface area contributed by atoms with E-state index in [1.165, 1.54) is 23.5 Å². The molecule has 0 bridgehead atoms. The van der Waals surface area contributed by atoms with Crippen LogP contribution in [0.1, 0.15) is 18.7 Å². The van der Waals surface area contributed by atoms with Gasteiger partial charge in [-0.3, -0.25) is 33.9 Å². The first-order valence-corrected chi connectivity index (χ1v) is 14.5. The first-order valence-electron chi connectivity index (χ1n) is 11.6. The molecule has 1 aliphatic carbocycles. The maximum absolute atomic E-state index is 13.2. The number of nitrogen functional groups attached to an aromatic ring is 1. The lowest BCUT2D eigenvalue weighted by Crippen LogP contribution is -2.71. The Kier molecular flexibility index (Phi) is 7.76. The number of anilines is 1. The topological polar surface area (TPSA) is 228 Å². The molecule has 2 aromatic heterocycles. The molecule has 0 spiro atoms. The van der Waals surface area contributed by atoms with Gasteiger partial charge >= 0.3 is 17.1 Å². The maximum Gasteiger partial charge on any atom is 0.352 e. The van der Waals surface area contributed by atoms with Crippen molar-refractivity contribution >= 4 is 63.7 Å². The van der Waals surface area contributed by atoms with Gasteiger partial charge in [0.2, 0.25) is 11.5 Å². The first kappa shape index (κ1) is 27.6. The number of aryl methyl sites for hydroxylation is 1. The van der Waals surface area contributed by atoms with Gasteiger partial charge in [-0.05, 0) is 24.5 Å². The number of carboxylic acids is 1. The monoisotopic (exact) mass is 607 g/mol. The normalized spacial score (nSPS) is 22.2. The fourth-order valence-corrected chi connectivity index (χ4v) is 6.91. The number of nitrogens with zero attached hydrogens (tertiary/aromatic N) is 6. The molecule has 19 heteroatoms. The quantitative estimate of drug-likeness (QED) is 0.0662. The number of H-pyrrole nitrogens is 1. The molecule has 1 saturated heterocycles. The number of fused-ring (bicyclic) bond motifs is 1. The highest BCUT2D eigenvalue weighted by Crippen LogP contribution is 2.41. The van der Waals surface area contributed by atoms with Gasteiger partial charge in [0.05, 0.1) is 0 Å². The average molecular weight is 608 g/mol. The van der Waals surface area contributed by atoms with Crippen molar-refractivity contribution in [2.45, 2.75) is 35.5 Å². The lowest BCUT2D eigenvalue weighted by Gasteiger charge is -2.49. The van der Waals surface area contributed by atoms with Gasteiger partial charge in [-0.15, -0.1) is 11.8 Å². The van der Waals surface area contributed by atoms with Crippen LogP contribution in [0.15, 0.2) is 43.3 Å². The van der Waals surface area contributed by atoms with Crippen LogP contribution in [0.5, 0.6) is 0 Å². The molecular formula is C21H21N9O7S3. The van der Waals surface area contributed by atoms with Gasteiger partial charge in [0.1, 0.15) is 23.2 Å². The Hall–Kier alpha value is -3.97. The van der Waals surface area contributed by atoms with Gasteiger partial charge in [-0.25, -0.2) is 4.79 Å². The summed E-state index contributed by atoms with van der Waals surface area (Å²) in [4.78, 5) is 75.8. The zero-order valence-corrected chi connectivity index (χ0v) is 23.0. The predicted molar refractivity (Wildman–Crippen MR) is 145 cm³/mol. The number of rotatable bonds is 9. The number of oxime groups is 1. The Morgan fingerprint density at radius 3 is 2.83 bits per heavy atom. The van der Waals surface area contributed by atoms with Crippen LogP contribution in [0.2, 0.25) is 0 Å². The van der Waals surface area contributed by atoms with E-state index in [2.05, 4.69) is 29.9 Å². The van der Waals surface area contributed by atoms with E-state index in [-0.39, 0.29) is 45.1 Å². The van der Waals surface area contributed by atoms with Gasteiger partial charge in [0, 0.05) is 30.1 Å². The van der Waals surface area contributed by atoms with Crippen LogP contribution in [0.3, 0.4) is 0 Å². The maximum atomic E-state index is 13.2. The number of carbonyl (C=O) groups excluding carboxylic acids is 2. The molecule has 2 unspecified atom stereocenters. The number of carbonyl (C=O) groups is 3. The molecule has 4 heterocycles. The van der Waals surface area contributed by atoms with Crippen molar-refractivity contribution in [2.75, 3.05) is 17.2 Å². The number of aliphatic carboxylic acids is 1. The number of carboxylic acid groups (broad SMARTS) is 1. The van der Waals surface area contributed by atoms with Gasteiger partial charge in [-0.2, -0.15) is 14.3 Å². The number of amides is 2. The smallest absolute Gasteiger partial charge is 0.352 e. The fraction of sp³-hybridized carbons (Fsp3) is 0.381. The van der Waals surface area contributed by atoms with Crippen LogP contribution in [0, 0.1) is 0 Å². The van der Waals surface area contributed by atoms with E-state index in [0.29, 0.717) is 12.0 Å². The minimum atomic E-state index is -1.32. The summed E-state index contributed by atoms with van der Waals surface area (Å²) in [5.74, 6) is -2.44. The van der Waals surface area contributed by atoms with E-state index < -0.39 is 40.3 Å². The third-order valence-electron chi connectivity index (χ3n) is 5.98. The second-order valence-corrected chi connectivity index (χ2v) is 11.5. The molecule has 210 valence electrons. The van der Waals surface area contributed by atoms with Gasteiger partial charge in [0.15, 0.2) is 10.3 Å². The van der Waals surface area contributed by atoms with Crippen molar-refractivity contribution in [3.8, 4) is 0 Å². The zero-order chi connectivity index (χ0) is 28.6. The minimum Gasteiger partial charge on any atom is -0.477 e. The van der Waals surface area contributed by atoms with E-state index in [0.717, 1.165) is 34.6 Å². The van der Waals surface area contributed by atoms with Crippen molar-refractivity contribution in [1.29, 1.82) is 0 Å². The largest absolute Gasteiger partial charge is 0.477 e. The molecule has 0 aromatic carbocycles. The Labute approximate surface area is 236 Å². The Morgan fingerprint density at radius 1 is 1.35 bits per heavy atom. The highest BCUT2D eigenvalue weighted by molar-refractivity contribution is 8.01. The number of hydrogen-bond donors (Lipinski definition) is 4. The number of nitrogens with two attached hydrogens (primary N) is 1. The molecule has 16 nitrogen and oxygen atoms in total. The van der Waals surface area contributed by atoms with Crippen molar-refractivity contribution in [1.82, 2.24) is 34.3 Å². The molecule has 3 aliphatic rings. The standard InChI is InChI=1S/C21H21N9O7S3/c1-29-21(25-15(32)16(33)26-29)39-7-8-6-38-18-11(17(34)30(18)12(8)19(35)36)23-14(31)10(13-24-20(22)40-28-13)27-37-9-4-2-3-5-9/h2,4,9,11,18H,3,5-7H2,1H3,(H,23,31)(H,26,33)(H,35,36)(H2,22,24,28)/b27-10-/t9?,11?,18-/m1/s1. The summed E-state index contributed by atoms with van der Waals surface area (Å²) in [7, 11) is 1.49. The van der Waals surface area contributed by atoms with Crippen LogP contribution in [0.25, 0.3) is 0 Å². The molecule has 0 radical (unpaired) electrons. The predicted octanol–water partition coefficient (Wildman–Crippen LogP) is -1.13. The van der Waals surface area contributed by atoms with E-state index in [1.807, 2.05) is 12.2 Å². The number of aromatic nitrogens is 5. The Balaban J connectivity index is 1.32. The lowest BCUT2D eigenvalue weighted by molar-refractivity contribution is -0.150. The molecule has 1 fully saturated rings. The summed E-state index contributed by atoms with van der Waals surface area (Å²) < 4.78 is 5.28. The Bertz CT molecular complexity index is 1590. The summed E-state index contributed by atoms with van der Waals surface area (Å²) in [6.45, 7) is 0. The summed E-state index contributed by atoms with van der Waals surface area (Å²) in [5, 5.41) is 18.4. The van der Waals surface area contributed by atoms with Gasteiger partial charge < -0.3 is 21.0 Å². The summed E-state index contributed by atoms with van der Waals surface area (Å²) in [6, 6.07) is -1.03.